The van der Waals surface area contributed by atoms with E-state index in [1.165, 1.54) is 12.1 Å². The molecule has 1 nitrogen and oxygen atoms in total. The van der Waals surface area contributed by atoms with Gasteiger partial charge < -0.3 is 5.73 Å². The molecule has 0 spiro atoms. The molecule has 0 aliphatic rings. The van der Waals surface area contributed by atoms with Crippen LogP contribution < -0.4 is 5.73 Å². The van der Waals surface area contributed by atoms with E-state index in [0.29, 0.717) is 11.3 Å². The lowest BCUT2D eigenvalue weighted by atomic mass is 10.1. The van der Waals surface area contributed by atoms with E-state index >= 15 is 0 Å². The highest BCUT2D eigenvalue weighted by Crippen LogP contribution is 2.26. The molecule has 3 heteroatoms. The molecule has 0 heterocycles. The fourth-order valence-corrected chi connectivity index (χ4v) is 1.10. The molecule has 0 unspecified atom stereocenters. The lowest BCUT2D eigenvalue weighted by molar-refractivity contribution is 0.629. The Hall–Kier alpha value is -1.02. The first kappa shape index (κ1) is 9.07. The Morgan fingerprint density at radius 3 is 2.67 bits per heavy atom. The van der Waals surface area contributed by atoms with Gasteiger partial charge in [0.1, 0.15) is 5.82 Å². The summed E-state index contributed by atoms with van der Waals surface area (Å²) in [7, 11) is 0. The lowest BCUT2D eigenvalue weighted by Gasteiger charge is -2.05. The largest absolute Gasteiger partial charge is 0.398 e. The molecule has 2 N–H and O–H groups in total. The van der Waals surface area contributed by atoms with Crippen molar-refractivity contribution in [1.29, 1.82) is 0 Å². The molecule has 0 aliphatic heterocycles. The SMILES string of the molecule is C=C(C)c1cc(Cl)c(F)cc1N. The highest BCUT2D eigenvalue weighted by Gasteiger charge is 2.05. The van der Waals surface area contributed by atoms with Gasteiger partial charge in [-0.3, -0.25) is 0 Å². The predicted octanol–water partition coefficient (Wildman–Crippen LogP) is 3.09. The second-order valence-electron chi connectivity index (χ2n) is 2.63. The first-order valence-corrected chi connectivity index (χ1v) is 3.80. The summed E-state index contributed by atoms with van der Waals surface area (Å²) in [5, 5.41) is 0.0715. The number of allylic oxidation sites excluding steroid dienone is 1. The molecular formula is C9H9ClFN. The number of anilines is 1. The van der Waals surface area contributed by atoms with Crippen LogP contribution in [0.2, 0.25) is 5.02 Å². The summed E-state index contributed by atoms with van der Waals surface area (Å²) in [6.45, 7) is 5.49. The molecule has 1 aromatic rings. The van der Waals surface area contributed by atoms with Gasteiger partial charge in [-0.05, 0) is 24.6 Å². The molecule has 0 bridgehead atoms. The normalized spacial score (nSPS) is 9.92. The van der Waals surface area contributed by atoms with Crippen molar-refractivity contribution in [1.82, 2.24) is 0 Å². The van der Waals surface area contributed by atoms with Gasteiger partial charge in [0.05, 0.1) is 5.02 Å². The van der Waals surface area contributed by atoms with E-state index < -0.39 is 5.82 Å². The summed E-state index contributed by atoms with van der Waals surface area (Å²) in [5.74, 6) is -0.501. The number of halogens is 2. The van der Waals surface area contributed by atoms with E-state index in [9.17, 15) is 4.39 Å². The zero-order valence-corrected chi connectivity index (χ0v) is 7.45. The zero-order chi connectivity index (χ0) is 9.30. The lowest BCUT2D eigenvalue weighted by Crippen LogP contribution is -1.93. The summed E-state index contributed by atoms with van der Waals surface area (Å²) in [6.07, 6.45) is 0. The van der Waals surface area contributed by atoms with Crippen LogP contribution in [0.4, 0.5) is 10.1 Å². The van der Waals surface area contributed by atoms with Gasteiger partial charge in [0.25, 0.3) is 0 Å². The van der Waals surface area contributed by atoms with E-state index in [1.807, 2.05) is 0 Å². The van der Waals surface area contributed by atoms with Crippen LogP contribution in [0.5, 0.6) is 0 Å². The van der Waals surface area contributed by atoms with E-state index in [2.05, 4.69) is 6.58 Å². The molecule has 0 saturated carbocycles. The maximum absolute atomic E-state index is 12.8. The summed E-state index contributed by atoms with van der Waals surface area (Å²) in [4.78, 5) is 0. The van der Waals surface area contributed by atoms with Crippen molar-refractivity contribution < 1.29 is 4.39 Å². The molecule has 12 heavy (non-hydrogen) atoms. The molecule has 0 aromatic heterocycles. The highest BCUT2D eigenvalue weighted by atomic mass is 35.5. The summed E-state index contributed by atoms with van der Waals surface area (Å²) < 4.78 is 12.8. The van der Waals surface area contributed by atoms with Crippen LogP contribution in [0, 0.1) is 5.82 Å². The van der Waals surface area contributed by atoms with Crippen molar-refractivity contribution in [2.75, 3.05) is 5.73 Å². The van der Waals surface area contributed by atoms with Crippen LogP contribution in [0.25, 0.3) is 5.57 Å². The Bertz CT molecular complexity index is 334. The van der Waals surface area contributed by atoms with Crippen LogP contribution in [-0.4, -0.2) is 0 Å². The van der Waals surface area contributed by atoms with Crippen molar-refractivity contribution in [3.63, 3.8) is 0 Å². The van der Waals surface area contributed by atoms with Crippen LogP contribution in [0.15, 0.2) is 18.7 Å². The standard InChI is InChI=1S/C9H9ClFN/c1-5(2)6-3-7(10)8(11)4-9(6)12/h3-4H,1,12H2,2H3. The molecule has 0 aliphatic carbocycles. The van der Waals surface area contributed by atoms with Gasteiger partial charge in [-0.1, -0.05) is 18.2 Å². The topological polar surface area (TPSA) is 26.0 Å². The Morgan fingerprint density at radius 1 is 1.58 bits per heavy atom. The minimum absolute atomic E-state index is 0.0715. The smallest absolute Gasteiger partial charge is 0.143 e. The first-order valence-electron chi connectivity index (χ1n) is 3.42. The summed E-state index contributed by atoms with van der Waals surface area (Å²) in [5.41, 5.74) is 7.37. The fraction of sp³-hybridized carbons (Fsp3) is 0.111. The molecule has 0 radical (unpaired) electrons. The second kappa shape index (κ2) is 3.15. The van der Waals surface area contributed by atoms with Gasteiger partial charge in [0.2, 0.25) is 0 Å². The molecule has 64 valence electrons. The van der Waals surface area contributed by atoms with Gasteiger partial charge in [-0.2, -0.15) is 0 Å². The highest BCUT2D eigenvalue weighted by molar-refractivity contribution is 6.31. The van der Waals surface area contributed by atoms with Crippen LogP contribution in [-0.2, 0) is 0 Å². The fourth-order valence-electron chi connectivity index (χ4n) is 0.932. The molecule has 0 fully saturated rings. The van der Waals surface area contributed by atoms with Crippen LogP contribution in [0.1, 0.15) is 12.5 Å². The average Bonchev–Trinajstić information content (AvgIpc) is 1.96. The summed E-state index contributed by atoms with van der Waals surface area (Å²) >= 11 is 5.56. The van der Waals surface area contributed by atoms with Crippen molar-refractivity contribution >= 4 is 22.9 Å². The van der Waals surface area contributed by atoms with Gasteiger partial charge in [0, 0.05) is 11.3 Å². The minimum Gasteiger partial charge on any atom is -0.398 e. The van der Waals surface area contributed by atoms with Crippen LogP contribution in [0.3, 0.4) is 0 Å². The molecule has 0 amide bonds. The molecule has 1 rings (SSSR count). The molecule has 1 aromatic carbocycles. The number of rotatable bonds is 1. The van der Waals surface area contributed by atoms with Crippen molar-refractivity contribution in [2.45, 2.75) is 6.92 Å². The third kappa shape index (κ3) is 1.59. The zero-order valence-electron chi connectivity index (χ0n) is 6.70. The van der Waals surface area contributed by atoms with Gasteiger partial charge >= 0.3 is 0 Å². The monoisotopic (exact) mass is 185 g/mol. The van der Waals surface area contributed by atoms with Crippen molar-refractivity contribution in [3.05, 3.63) is 35.1 Å². The van der Waals surface area contributed by atoms with Crippen molar-refractivity contribution in [2.24, 2.45) is 0 Å². The molecule has 0 saturated heterocycles. The number of nitrogen functional groups attached to an aromatic ring is 1. The number of benzene rings is 1. The van der Waals surface area contributed by atoms with Crippen molar-refractivity contribution in [3.8, 4) is 0 Å². The van der Waals surface area contributed by atoms with E-state index in [0.717, 1.165) is 5.57 Å². The van der Waals surface area contributed by atoms with E-state index in [4.69, 9.17) is 17.3 Å². The van der Waals surface area contributed by atoms with Crippen LogP contribution >= 0.6 is 11.6 Å². The minimum atomic E-state index is -0.501. The second-order valence-corrected chi connectivity index (χ2v) is 3.04. The summed E-state index contributed by atoms with van der Waals surface area (Å²) in [6, 6.07) is 2.68. The molecular weight excluding hydrogens is 177 g/mol. The third-order valence-electron chi connectivity index (χ3n) is 1.55. The maximum atomic E-state index is 12.8. The van der Waals surface area contributed by atoms with Gasteiger partial charge in [-0.15, -0.1) is 0 Å². The number of hydrogen-bond acceptors (Lipinski definition) is 1. The average molecular weight is 186 g/mol. The Kier molecular flexibility index (Phi) is 2.38. The quantitative estimate of drug-likeness (QED) is 0.669. The Balaban J connectivity index is 3.33. The van der Waals surface area contributed by atoms with Gasteiger partial charge in [-0.25, -0.2) is 4.39 Å². The maximum Gasteiger partial charge on any atom is 0.143 e. The first-order chi connectivity index (χ1) is 5.52. The third-order valence-corrected chi connectivity index (χ3v) is 1.84. The number of nitrogens with two attached hydrogens (primary N) is 1. The number of hydrogen-bond donors (Lipinski definition) is 1. The van der Waals surface area contributed by atoms with E-state index in [-0.39, 0.29) is 5.02 Å². The van der Waals surface area contributed by atoms with Gasteiger partial charge in [0.15, 0.2) is 0 Å². The van der Waals surface area contributed by atoms with E-state index in [1.54, 1.807) is 6.92 Å². The predicted molar refractivity (Wildman–Crippen MR) is 50.5 cm³/mol. The Morgan fingerprint density at radius 2 is 2.17 bits per heavy atom. The Labute approximate surface area is 75.6 Å². The molecule has 0 atom stereocenters.